The molecule has 0 unspecified atom stereocenters. The van der Waals surface area contributed by atoms with Crippen LogP contribution in [0.1, 0.15) is 10.6 Å². The van der Waals surface area contributed by atoms with Crippen LogP contribution in [0.3, 0.4) is 0 Å². The summed E-state index contributed by atoms with van der Waals surface area (Å²) in [7, 11) is 0. The Morgan fingerprint density at radius 3 is 2.35 bits per heavy atom. The van der Waals surface area contributed by atoms with Crippen molar-refractivity contribution in [3.8, 4) is 22.1 Å². The summed E-state index contributed by atoms with van der Waals surface area (Å²) in [4.78, 5) is 18.0. The van der Waals surface area contributed by atoms with Gasteiger partial charge in [-0.25, -0.2) is 4.98 Å². The zero-order valence-electron chi connectivity index (χ0n) is 17.1. The molecule has 4 rings (SSSR count). The van der Waals surface area contributed by atoms with Gasteiger partial charge in [0, 0.05) is 5.56 Å². The van der Waals surface area contributed by atoms with Gasteiger partial charge in [0.15, 0.2) is 6.61 Å². The number of nitrogens with one attached hydrogen (secondary N) is 1. The summed E-state index contributed by atoms with van der Waals surface area (Å²) in [6, 6.07) is 26.7. The molecule has 3 aromatic carbocycles. The molecule has 4 aromatic rings. The normalized spacial score (nSPS) is 10.5. The van der Waals surface area contributed by atoms with E-state index in [9.17, 15) is 4.79 Å². The first-order valence-corrected chi connectivity index (χ1v) is 10.7. The Morgan fingerprint density at radius 1 is 0.903 bits per heavy atom. The van der Waals surface area contributed by atoms with Gasteiger partial charge in [0.2, 0.25) is 0 Å². The summed E-state index contributed by atoms with van der Waals surface area (Å²) in [6.07, 6.45) is 0. The molecule has 0 fully saturated rings. The number of hydrogen-bond acceptors (Lipinski definition) is 5. The van der Waals surface area contributed by atoms with Gasteiger partial charge < -0.3 is 14.8 Å². The number of amides is 1. The number of ether oxygens (including phenoxy) is 2. The monoisotopic (exact) mass is 430 g/mol. The van der Waals surface area contributed by atoms with Gasteiger partial charge in [0.25, 0.3) is 5.91 Å². The summed E-state index contributed by atoms with van der Waals surface area (Å²) in [5.41, 5.74) is 2.64. The molecule has 0 spiro atoms. The number of thiazole rings is 1. The van der Waals surface area contributed by atoms with Gasteiger partial charge in [0.05, 0.1) is 16.3 Å². The van der Waals surface area contributed by atoms with Crippen molar-refractivity contribution in [1.29, 1.82) is 0 Å². The number of rotatable bonds is 8. The second-order valence-corrected chi connectivity index (χ2v) is 7.91. The zero-order chi connectivity index (χ0) is 21.5. The Hall–Kier alpha value is -3.64. The molecule has 0 atom stereocenters. The SMILES string of the molecule is Cc1nc(-c2ccccc2)sc1COc1ccccc1NC(=O)COc1ccccc1. The van der Waals surface area contributed by atoms with Gasteiger partial charge in [-0.15, -0.1) is 11.3 Å². The number of hydrogen-bond donors (Lipinski definition) is 1. The molecule has 5 nitrogen and oxygen atoms in total. The fourth-order valence-electron chi connectivity index (χ4n) is 2.96. The van der Waals surface area contributed by atoms with Crippen LogP contribution in [0.5, 0.6) is 11.5 Å². The highest BCUT2D eigenvalue weighted by Gasteiger charge is 2.12. The zero-order valence-corrected chi connectivity index (χ0v) is 17.9. The van der Waals surface area contributed by atoms with Gasteiger partial charge in [0.1, 0.15) is 23.1 Å². The minimum atomic E-state index is -0.250. The van der Waals surface area contributed by atoms with E-state index >= 15 is 0 Å². The number of carbonyl (C=O) groups is 1. The van der Waals surface area contributed by atoms with Crippen molar-refractivity contribution < 1.29 is 14.3 Å². The molecule has 1 N–H and O–H groups in total. The first-order chi connectivity index (χ1) is 15.2. The third-order valence-corrected chi connectivity index (χ3v) is 5.73. The van der Waals surface area contributed by atoms with Crippen molar-refractivity contribution in [3.05, 3.63) is 95.5 Å². The third kappa shape index (κ3) is 5.49. The molecule has 0 aliphatic rings. The molecule has 1 aromatic heterocycles. The molecule has 0 saturated carbocycles. The Kier molecular flexibility index (Phi) is 6.59. The summed E-state index contributed by atoms with van der Waals surface area (Å²) in [5.74, 6) is 1.00. The van der Waals surface area contributed by atoms with E-state index in [1.807, 2.05) is 91.9 Å². The average molecular weight is 431 g/mol. The lowest BCUT2D eigenvalue weighted by Gasteiger charge is -2.12. The molecule has 6 heteroatoms. The lowest BCUT2D eigenvalue weighted by atomic mass is 10.2. The van der Waals surface area contributed by atoms with Crippen LogP contribution in [0.15, 0.2) is 84.9 Å². The van der Waals surface area contributed by atoms with Crippen molar-refractivity contribution in [2.24, 2.45) is 0 Å². The Balaban J connectivity index is 1.39. The van der Waals surface area contributed by atoms with Crippen LogP contribution in [0.25, 0.3) is 10.6 Å². The first kappa shape index (κ1) is 20.6. The minimum Gasteiger partial charge on any atom is -0.486 e. The van der Waals surface area contributed by atoms with Gasteiger partial charge in [-0.2, -0.15) is 0 Å². The number of nitrogens with zero attached hydrogens (tertiary/aromatic N) is 1. The molecule has 1 heterocycles. The highest BCUT2D eigenvalue weighted by molar-refractivity contribution is 7.15. The number of carbonyl (C=O) groups excluding carboxylic acids is 1. The summed E-state index contributed by atoms with van der Waals surface area (Å²) >= 11 is 1.61. The molecular formula is C25H22N2O3S. The Morgan fingerprint density at radius 2 is 1.58 bits per heavy atom. The van der Waals surface area contributed by atoms with Gasteiger partial charge in [-0.3, -0.25) is 4.79 Å². The van der Waals surface area contributed by atoms with Crippen molar-refractivity contribution in [2.75, 3.05) is 11.9 Å². The Bertz CT molecular complexity index is 1140. The summed E-state index contributed by atoms with van der Waals surface area (Å²) in [6.45, 7) is 2.28. The summed E-state index contributed by atoms with van der Waals surface area (Å²) in [5, 5.41) is 3.83. The van der Waals surface area contributed by atoms with Crippen molar-refractivity contribution in [2.45, 2.75) is 13.5 Å². The molecule has 156 valence electrons. The lowest BCUT2D eigenvalue weighted by molar-refractivity contribution is -0.118. The van der Waals surface area contributed by atoms with Crippen molar-refractivity contribution in [1.82, 2.24) is 4.98 Å². The maximum Gasteiger partial charge on any atom is 0.262 e. The molecule has 0 aliphatic heterocycles. The molecule has 0 aliphatic carbocycles. The quantitative estimate of drug-likeness (QED) is 0.389. The van der Waals surface area contributed by atoms with E-state index in [0.717, 1.165) is 21.1 Å². The largest absolute Gasteiger partial charge is 0.486 e. The fourth-order valence-corrected chi connectivity index (χ4v) is 3.94. The van der Waals surface area contributed by atoms with E-state index < -0.39 is 0 Å². The number of aromatic nitrogens is 1. The van der Waals surface area contributed by atoms with E-state index in [2.05, 4.69) is 10.3 Å². The topological polar surface area (TPSA) is 60.5 Å². The average Bonchev–Trinajstić information content (AvgIpc) is 3.19. The van der Waals surface area contributed by atoms with Crippen LogP contribution >= 0.6 is 11.3 Å². The third-order valence-electron chi connectivity index (χ3n) is 4.55. The van der Waals surface area contributed by atoms with E-state index in [1.54, 1.807) is 11.3 Å². The molecule has 0 saturated heterocycles. The van der Waals surface area contributed by atoms with Crippen LogP contribution < -0.4 is 14.8 Å². The standard InChI is InChI=1S/C25H22N2O3S/c1-18-23(31-25(26-18)19-10-4-2-5-11-19)16-30-22-15-9-8-14-21(22)27-24(28)17-29-20-12-6-3-7-13-20/h2-15H,16-17H2,1H3,(H,27,28). The molecule has 0 bridgehead atoms. The highest BCUT2D eigenvalue weighted by atomic mass is 32.1. The molecule has 31 heavy (non-hydrogen) atoms. The van der Waals surface area contributed by atoms with Crippen molar-refractivity contribution >= 4 is 22.9 Å². The van der Waals surface area contributed by atoms with Crippen LogP contribution in [-0.4, -0.2) is 17.5 Å². The predicted molar refractivity (Wildman–Crippen MR) is 124 cm³/mol. The number of aryl methyl sites for hydroxylation is 1. The van der Waals surface area contributed by atoms with Crippen LogP contribution in [0, 0.1) is 6.92 Å². The van der Waals surface area contributed by atoms with E-state index in [0.29, 0.717) is 23.8 Å². The Labute approximate surface area is 185 Å². The summed E-state index contributed by atoms with van der Waals surface area (Å²) < 4.78 is 11.5. The fraction of sp³-hybridized carbons (Fsp3) is 0.120. The molecular weight excluding hydrogens is 408 g/mol. The maximum atomic E-state index is 12.3. The smallest absolute Gasteiger partial charge is 0.262 e. The second kappa shape index (κ2) is 9.91. The van der Waals surface area contributed by atoms with Crippen LogP contribution in [-0.2, 0) is 11.4 Å². The number of benzene rings is 3. The van der Waals surface area contributed by atoms with E-state index in [1.165, 1.54) is 0 Å². The number of para-hydroxylation sites is 3. The predicted octanol–water partition coefficient (Wildman–Crippen LogP) is 5.72. The van der Waals surface area contributed by atoms with Gasteiger partial charge in [-0.1, -0.05) is 60.7 Å². The first-order valence-electron chi connectivity index (χ1n) is 9.90. The van der Waals surface area contributed by atoms with Gasteiger partial charge in [-0.05, 0) is 31.2 Å². The molecule has 1 amide bonds. The lowest BCUT2D eigenvalue weighted by Crippen LogP contribution is -2.20. The van der Waals surface area contributed by atoms with E-state index in [4.69, 9.17) is 9.47 Å². The van der Waals surface area contributed by atoms with Crippen molar-refractivity contribution in [3.63, 3.8) is 0 Å². The highest BCUT2D eigenvalue weighted by Crippen LogP contribution is 2.30. The van der Waals surface area contributed by atoms with E-state index in [-0.39, 0.29) is 12.5 Å². The second-order valence-electron chi connectivity index (χ2n) is 6.83. The minimum absolute atomic E-state index is 0.0767. The maximum absolute atomic E-state index is 12.3. The van der Waals surface area contributed by atoms with Gasteiger partial charge >= 0.3 is 0 Å². The number of anilines is 1. The van der Waals surface area contributed by atoms with Crippen LogP contribution in [0.4, 0.5) is 5.69 Å². The van der Waals surface area contributed by atoms with Crippen LogP contribution in [0.2, 0.25) is 0 Å². The molecule has 0 radical (unpaired) electrons.